The van der Waals surface area contributed by atoms with Gasteiger partial charge >= 0.3 is 5.63 Å². The van der Waals surface area contributed by atoms with Gasteiger partial charge in [0, 0.05) is 11.6 Å². The summed E-state index contributed by atoms with van der Waals surface area (Å²) in [6.45, 7) is 2.83. The molecule has 0 aliphatic carbocycles. The maximum atomic E-state index is 11.7. The molecule has 0 fully saturated rings. The lowest BCUT2D eigenvalue weighted by Gasteiger charge is -2.03. The van der Waals surface area contributed by atoms with Gasteiger partial charge in [-0.15, -0.1) is 0 Å². The fourth-order valence-corrected chi connectivity index (χ4v) is 1.66. The van der Waals surface area contributed by atoms with Crippen molar-refractivity contribution in [3.05, 3.63) is 33.6 Å². The van der Waals surface area contributed by atoms with E-state index in [0.717, 1.165) is 19.4 Å². The minimum Gasteiger partial charge on any atom is -0.389 e. The molecule has 0 amide bonds. The van der Waals surface area contributed by atoms with Gasteiger partial charge in [0.2, 0.25) is 0 Å². The lowest BCUT2D eigenvalue weighted by atomic mass is 10.2. The van der Waals surface area contributed by atoms with Crippen LogP contribution in [0.15, 0.2) is 27.4 Å². The fourth-order valence-electron chi connectivity index (χ4n) is 1.49. The van der Waals surface area contributed by atoms with Gasteiger partial charge in [-0.05, 0) is 24.6 Å². The van der Waals surface area contributed by atoms with Crippen molar-refractivity contribution in [3.8, 4) is 0 Å². The quantitative estimate of drug-likeness (QED) is 0.850. The number of nitrogens with zero attached hydrogens (tertiary/aromatic N) is 1. The van der Waals surface area contributed by atoms with E-state index in [0.29, 0.717) is 15.9 Å². The van der Waals surface area contributed by atoms with E-state index in [1.54, 1.807) is 18.2 Å². The average molecular weight is 253 g/mol. The molecular weight excluding hydrogens is 240 g/mol. The maximum absolute atomic E-state index is 11.7. The molecule has 0 saturated carbocycles. The van der Waals surface area contributed by atoms with Crippen molar-refractivity contribution in [1.82, 2.24) is 4.98 Å². The van der Waals surface area contributed by atoms with Crippen LogP contribution in [0.2, 0.25) is 5.02 Å². The first kappa shape index (κ1) is 11.9. The number of hydrogen-bond donors (Lipinski definition) is 1. The molecule has 0 aliphatic rings. The number of nitrogens with one attached hydrogen (secondary N) is 1. The Hall–Kier alpha value is -1.55. The van der Waals surface area contributed by atoms with Crippen LogP contribution in [0.4, 0.5) is 6.01 Å². The minimum absolute atomic E-state index is 0.262. The van der Waals surface area contributed by atoms with Crippen molar-refractivity contribution in [2.45, 2.75) is 19.8 Å². The van der Waals surface area contributed by atoms with Crippen LogP contribution >= 0.6 is 11.6 Å². The van der Waals surface area contributed by atoms with Gasteiger partial charge in [-0.3, -0.25) is 0 Å². The molecule has 0 radical (unpaired) electrons. The molecule has 1 aromatic carbocycles. The molecule has 0 aliphatic heterocycles. The number of aromatic nitrogens is 1. The third-order valence-corrected chi connectivity index (χ3v) is 2.63. The highest BCUT2D eigenvalue weighted by atomic mass is 35.5. The van der Waals surface area contributed by atoms with Gasteiger partial charge in [-0.1, -0.05) is 24.9 Å². The Bertz CT molecular complexity index is 580. The van der Waals surface area contributed by atoms with E-state index < -0.39 is 5.63 Å². The van der Waals surface area contributed by atoms with Crippen molar-refractivity contribution in [2.75, 3.05) is 11.9 Å². The summed E-state index contributed by atoms with van der Waals surface area (Å²) in [5.74, 6) is 0. The molecule has 17 heavy (non-hydrogen) atoms. The largest absolute Gasteiger partial charge is 0.389 e. The number of hydrogen-bond acceptors (Lipinski definition) is 4. The van der Waals surface area contributed by atoms with Gasteiger partial charge in [0.25, 0.3) is 6.01 Å². The Kier molecular flexibility index (Phi) is 3.64. The van der Waals surface area contributed by atoms with E-state index in [1.165, 1.54) is 0 Å². The van der Waals surface area contributed by atoms with E-state index in [1.807, 2.05) is 0 Å². The zero-order valence-electron chi connectivity index (χ0n) is 9.50. The first-order chi connectivity index (χ1) is 8.20. The Morgan fingerprint density at radius 1 is 1.47 bits per heavy atom. The maximum Gasteiger partial charge on any atom is 0.348 e. The van der Waals surface area contributed by atoms with Crippen LogP contribution in [-0.4, -0.2) is 11.5 Å². The molecule has 1 aromatic heterocycles. The molecule has 2 rings (SSSR count). The Balaban J connectivity index is 2.35. The number of halogens is 1. The molecule has 0 saturated heterocycles. The van der Waals surface area contributed by atoms with Gasteiger partial charge in [0.1, 0.15) is 0 Å². The molecule has 1 heterocycles. The van der Waals surface area contributed by atoms with E-state index >= 15 is 0 Å². The predicted octanol–water partition coefficient (Wildman–Crippen LogP) is 3.05. The molecule has 0 atom stereocenters. The number of unbranched alkanes of at least 4 members (excludes halogenated alkanes) is 1. The molecule has 0 bridgehead atoms. The molecule has 4 nitrogen and oxygen atoms in total. The van der Waals surface area contributed by atoms with E-state index in [4.69, 9.17) is 16.0 Å². The van der Waals surface area contributed by atoms with Gasteiger partial charge in [0.05, 0.1) is 10.9 Å². The second-order valence-corrected chi connectivity index (χ2v) is 4.18. The zero-order valence-corrected chi connectivity index (χ0v) is 10.3. The lowest BCUT2D eigenvalue weighted by Crippen LogP contribution is -2.08. The van der Waals surface area contributed by atoms with Crippen LogP contribution in [-0.2, 0) is 0 Å². The van der Waals surface area contributed by atoms with Crippen molar-refractivity contribution in [3.63, 3.8) is 0 Å². The highest BCUT2D eigenvalue weighted by molar-refractivity contribution is 6.31. The van der Waals surface area contributed by atoms with Gasteiger partial charge in [0.15, 0.2) is 0 Å². The summed E-state index contributed by atoms with van der Waals surface area (Å²) in [5.41, 5.74) is 0.168. The van der Waals surface area contributed by atoms with Crippen LogP contribution in [0.25, 0.3) is 10.9 Å². The predicted molar refractivity (Wildman–Crippen MR) is 68.7 cm³/mol. The highest BCUT2D eigenvalue weighted by Crippen LogP contribution is 2.16. The van der Waals surface area contributed by atoms with Crippen molar-refractivity contribution >= 4 is 28.5 Å². The summed E-state index contributed by atoms with van der Waals surface area (Å²) >= 11 is 5.81. The summed E-state index contributed by atoms with van der Waals surface area (Å²) in [6, 6.07) is 5.23. The van der Waals surface area contributed by atoms with Crippen LogP contribution < -0.4 is 10.9 Å². The van der Waals surface area contributed by atoms with E-state index in [9.17, 15) is 4.79 Å². The topological polar surface area (TPSA) is 55.1 Å². The summed E-state index contributed by atoms with van der Waals surface area (Å²) in [7, 11) is 0. The first-order valence-electron chi connectivity index (χ1n) is 5.55. The molecule has 0 spiro atoms. The Morgan fingerprint density at radius 3 is 3.06 bits per heavy atom. The SMILES string of the molecule is CCCCNc1nc2ccc(Cl)cc2c(=O)o1. The van der Waals surface area contributed by atoms with Crippen molar-refractivity contribution in [2.24, 2.45) is 0 Å². The van der Waals surface area contributed by atoms with Crippen molar-refractivity contribution in [1.29, 1.82) is 0 Å². The van der Waals surface area contributed by atoms with E-state index in [2.05, 4.69) is 17.2 Å². The lowest BCUT2D eigenvalue weighted by molar-refractivity contribution is 0.515. The molecule has 2 aromatic rings. The van der Waals surface area contributed by atoms with Crippen LogP contribution in [0, 0.1) is 0 Å². The average Bonchev–Trinajstić information content (AvgIpc) is 2.31. The molecule has 1 N–H and O–H groups in total. The second kappa shape index (κ2) is 5.19. The van der Waals surface area contributed by atoms with Crippen LogP contribution in [0.3, 0.4) is 0 Å². The highest BCUT2D eigenvalue weighted by Gasteiger charge is 2.06. The van der Waals surface area contributed by atoms with Crippen LogP contribution in [0.5, 0.6) is 0 Å². The zero-order chi connectivity index (χ0) is 12.3. The molecule has 0 unspecified atom stereocenters. The minimum atomic E-state index is -0.420. The summed E-state index contributed by atoms with van der Waals surface area (Å²) in [4.78, 5) is 15.9. The molecule has 90 valence electrons. The Morgan fingerprint density at radius 2 is 2.29 bits per heavy atom. The summed E-state index contributed by atoms with van der Waals surface area (Å²) in [5, 5.41) is 3.88. The number of rotatable bonds is 4. The van der Waals surface area contributed by atoms with Gasteiger partial charge < -0.3 is 9.73 Å². The molecular formula is C12H13ClN2O2. The number of anilines is 1. The first-order valence-corrected chi connectivity index (χ1v) is 5.93. The molecule has 5 heteroatoms. The smallest absolute Gasteiger partial charge is 0.348 e. The normalized spacial score (nSPS) is 10.7. The van der Waals surface area contributed by atoms with Crippen molar-refractivity contribution < 1.29 is 4.42 Å². The fraction of sp³-hybridized carbons (Fsp3) is 0.333. The van der Waals surface area contributed by atoms with Crippen LogP contribution in [0.1, 0.15) is 19.8 Å². The number of benzene rings is 1. The third kappa shape index (κ3) is 2.77. The monoisotopic (exact) mass is 252 g/mol. The second-order valence-electron chi connectivity index (χ2n) is 3.75. The summed E-state index contributed by atoms with van der Waals surface area (Å²) in [6.07, 6.45) is 2.07. The van der Waals surface area contributed by atoms with Gasteiger partial charge in [-0.25, -0.2) is 4.79 Å². The number of fused-ring (bicyclic) bond motifs is 1. The summed E-state index contributed by atoms with van der Waals surface area (Å²) < 4.78 is 5.06. The van der Waals surface area contributed by atoms with Gasteiger partial charge in [-0.2, -0.15) is 4.98 Å². The Labute approximate surface area is 104 Å². The van der Waals surface area contributed by atoms with E-state index in [-0.39, 0.29) is 6.01 Å². The third-order valence-electron chi connectivity index (χ3n) is 2.40. The standard InChI is InChI=1S/C12H13ClN2O2/c1-2-3-6-14-12-15-10-5-4-8(13)7-9(10)11(16)17-12/h4-5,7H,2-3,6H2,1H3,(H,14,15).